The zero-order valence-corrected chi connectivity index (χ0v) is 15.6. The van der Waals surface area contributed by atoms with Crippen molar-refractivity contribution in [3.05, 3.63) is 46.7 Å². The van der Waals surface area contributed by atoms with E-state index < -0.39 is 56.6 Å². The molecule has 0 radical (unpaired) electrons. The van der Waals surface area contributed by atoms with Crippen LogP contribution in [0.25, 0.3) is 0 Å². The average molecular weight is 446 g/mol. The maximum atomic E-state index is 13.4. The lowest BCUT2D eigenvalue weighted by Crippen LogP contribution is -2.27. The molecule has 2 rings (SSSR count). The molecule has 154 valence electrons. The van der Waals surface area contributed by atoms with Crippen LogP contribution in [-0.2, 0) is 17.1 Å². The van der Waals surface area contributed by atoms with Crippen LogP contribution in [-0.4, -0.2) is 31.6 Å². The Bertz CT molecular complexity index is 982. The summed E-state index contributed by atoms with van der Waals surface area (Å²) in [7, 11) is -2.97. The third-order valence-electron chi connectivity index (χ3n) is 3.47. The number of halogens is 6. The molecule has 0 aliphatic heterocycles. The molecule has 0 atom stereocenters. The molecule has 28 heavy (non-hydrogen) atoms. The van der Waals surface area contributed by atoms with Crippen LogP contribution in [0.2, 0.25) is 5.02 Å². The van der Waals surface area contributed by atoms with Gasteiger partial charge in [0.05, 0.1) is 11.4 Å². The highest BCUT2D eigenvalue weighted by Crippen LogP contribution is 2.24. The maximum absolute atomic E-state index is 13.4. The lowest BCUT2D eigenvalue weighted by molar-refractivity contribution is -0.132. The van der Waals surface area contributed by atoms with Gasteiger partial charge < -0.3 is 9.88 Å². The van der Waals surface area contributed by atoms with Crippen LogP contribution in [0, 0.1) is 11.6 Å². The van der Waals surface area contributed by atoms with Crippen LogP contribution in [0.4, 0.5) is 27.6 Å². The van der Waals surface area contributed by atoms with Gasteiger partial charge in [0.15, 0.2) is 11.6 Å². The quantitative estimate of drug-likeness (QED) is 0.528. The zero-order chi connectivity index (χ0) is 21.3. The molecule has 13 heteroatoms. The summed E-state index contributed by atoms with van der Waals surface area (Å²) in [6.45, 7) is -0.865. The number of benzene rings is 1. The van der Waals surface area contributed by atoms with Crippen molar-refractivity contribution in [3.63, 3.8) is 0 Å². The van der Waals surface area contributed by atoms with E-state index in [1.54, 1.807) is 4.72 Å². The van der Waals surface area contributed by atoms with Crippen LogP contribution in [0.3, 0.4) is 0 Å². The summed E-state index contributed by atoms with van der Waals surface area (Å²) in [6, 6.07) is 2.56. The Morgan fingerprint density at radius 2 is 1.86 bits per heavy atom. The molecule has 0 saturated heterocycles. The molecule has 2 N–H and O–H groups in total. The lowest BCUT2D eigenvalue weighted by Gasteiger charge is -2.07. The van der Waals surface area contributed by atoms with Crippen LogP contribution in [0.5, 0.6) is 0 Å². The summed E-state index contributed by atoms with van der Waals surface area (Å²) in [4.78, 5) is 11.8. The fourth-order valence-corrected chi connectivity index (χ4v) is 3.45. The normalized spacial score (nSPS) is 12.2. The van der Waals surface area contributed by atoms with Gasteiger partial charge in [-0.1, -0.05) is 11.6 Å². The Morgan fingerprint density at radius 3 is 2.43 bits per heavy atom. The van der Waals surface area contributed by atoms with Gasteiger partial charge in [-0.05, 0) is 12.1 Å². The fourth-order valence-electron chi connectivity index (χ4n) is 2.14. The first-order valence-corrected chi connectivity index (χ1v) is 9.35. The van der Waals surface area contributed by atoms with Crippen molar-refractivity contribution in [2.45, 2.75) is 17.5 Å². The molecule has 0 unspecified atom stereocenters. The molecule has 0 fully saturated rings. The van der Waals surface area contributed by atoms with Crippen molar-refractivity contribution in [1.82, 2.24) is 9.29 Å². The minimum absolute atomic E-state index is 0.178. The number of sulfonamides is 1. The lowest BCUT2D eigenvalue weighted by atomic mass is 10.3. The first-order chi connectivity index (χ1) is 12.8. The Balaban J connectivity index is 2.18. The number of nitrogens with zero attached hydrogens (tertiary/aromatic N) is 1. The molecule has 0 aliphatic carbocycles. The van der Waals surface area contributed by atoms with Crippen molar-refractivity contribution >= 4 is 33.2 Å². The molecule has 0 spiro atoms. The summed E-state index contributed by atoms with van der Waals surface area (Å²) in [5.41, 5.74) is -0.375. The molecule has 1 aromatic heterocycles. The second kappa shape index (κ2) is 8.05. The highest BCUT2D eigenvalue weighted by molar-refractivity contribution is 7.89. The Labute approximate surface area is 161 Å². The highest BCUT2D eigenvalue weighted by Gasteiger charge is 2.28. The molecule has 1 amide bonds. The fraction of sp³-hybridized carbons (Fsp3) is 0.267. The molecule has 0 aliphatic rings. The van der Waals surface area contributed by atoms with Crippen LogP contribution in [0.15, 0.2) is 29.3 Å². The summed E-state index contributed by atoms with van der Waals surface area (Å²) >= 11 is 5.49. The number of carbonyl (C=O) groups excluding carboxylic acids is 1. The highest BCUT2D eigenvalue weighted by atomic mass is 35.5. The molecule has 0 saturated carbocycles. The van der Waals surface area contributed by atoms with E-state index in [0.717, 1.165) is 22.9 Å². The molecule has 6 nitrogen and oxygen atoms in total. The number of hydrogen-bond acceptors (Lipinski definition) is 3. The molecule has 1 heterocycles. The predicted molar refractivity (Wildman–Crippen MR) is 90.6 cm³/mol. The average Bonchev–Trinajstić information content (AvgIpc) is 2.94. The third kappa shape index (κ3) is 5.42. The van der Waals surface area contributed by atoms with E-state index in [9.17, 15) is 35.2 Å². The summed E-state index contributed by atoms with van der Waals surface area (Å²) in [5.74, 6) is -3.47. The smallest absolute Gasteiger partial charge is 0.345 e. The Hall–Kier alpha value is -2.18. The van der Waals surface area contributed by atoms with Gasteiger partial charge in [0, 0.05) is 31.5 Å². The Kier molecular flexibility index (Phi) is 6.36. The van der Waals surface area contributed by atoms with Gasteiger partial charge >= 0.3 is 6.18 Å². The van der Waals surface area contributed by atoms with E-state index in [-0.39, 0.29) is 11.4 Å². The topological polar surface area (TPSA) is 80.2 Å². The van der Waals surface area contributed by atoms with Crippen LogP contribution >= 0.6 is 11.6 Å². The SMILES string of the molecule is Cn1cc(S(=O)(=O)NCCC(F)(F)F)cc1C(=O)Nc1cc(F)c(F)c(Cl)c1. The largest absolute Gasteiger partial charge is 0.390 e. The van der Waals surface area contributed by atoms with Crippen LogP contribution in [0.1, 0.15) is 16.9 Å². The number of amides is 1. The van der Waals surface area contributed by atoms with Gasteiger partial charge in [-0.25, -0.2) is 21.9 Å². The minimum atomic E-state index is -4.53. The zero-order valence-electron chi connectivity index (χ0n) is 14.1. The van der Waals surface area contributed by atoms with E-state index in [0.29, 0.717) is 6.07 Å². The van der Waals surface area contributed by atoms with Crippen molar-refractivity contribution in [3.8, 4) is 0 Å². The summed E-state index contributed by atoms with van der Waals surface area (Å²) in [6.07, 6.45) is -4.87. The number of carbonyl (C=O) groups is 1. The monoisotopic (exact) mass is 445 g/mol. The summed E-state index contributed by atoms with van der Waals surface area (Å²) < 4.78 is 90.0. The van der Waals surface area contributed by atoms with E-state index in [1.807, 2.05) is 0 Å². The second-order valence-corrected chi connectivity index (χ2v) is 7.82. The first kappa shape index (κ1) is 22.1. The van der Waals surface area contributed by atoms with Crippen molar-refractivity contribution < 1.29 is 35.2 Å². The Morgan fingerprint density at radius 1 is 1.21 bits per heavy atom. The number of nitrogens with one attached hydrogen (secondary N) is 2. The number of alkyl halides is 3. The summed E-state index contributed by atoms with van der Waals surface area (Å²) in [5, 5.41) is 1.65. The molecule has 1 aromatic carbocycles. The molecular weight excluding hydrogens is 433 g/mol. The van der Waals surface area contributed by atoms with Crippen molar-refractivity contribution in [2.24, 2.45) is 7.05 Å². The van der Waals surface area contributed by atoms with E-state index in [1.165, 1.54) is 7.05 Å². The van der Waals surface area contributed by atoms with Gasteiger partial charge in [-0.3, -0.25) is 4.79 Å². The van der Waals surface area contributed by atoms with Gasteiger partial charge in [0.1, 0.15) is 10.6 Å². The van der Waals surface area contributed by atoms with E-state index >= 15 is 0 Å². The second-order valence-electron chi connectivity index (χ2n) is 5.64. The first-order valence-electron chi connectivity index (χ1n) is 7.49. The van der Waals surface area contributed by atoms with Gasteiger partial charge in [0.2, 0.25) is 10.0 Å². The molecule has 2 aromatic rings. The number of aromatic nitrogens is 1. The molecule has 0 bridgehead atoms. The minimum Gasteiger partial charge on any atom is -0.345 e. The maximum Gasteiger partial charge on any atom is 0.390 e. The van der Waals surface area contributed by atoms with E-state index in [2.05, 4.69) is 5.32 Å². The van der Waals surface area contributed by atoms with Gasteiger partial charge in [-0.15, -0.1) is 0 Å². The van der Waals surface area contributed by atoms with Gasteiger partial charge in [0.25, 0.3) is 5.91 Å². The number of anilines is 1. The third-order valence-corrected chi connectivity index (χ3v) is 5.17. The number of rotatable bonds is 6. The van der Waals surface area contributed by atoms with Gasteiger partial charge in [-0.2, -0.15) is 13.2 Å². The van der Waals surface area contributed by atoms with Crippen molar-refractivity contribution in [1.29, 1.82) is 0 Å². The number of aryl methyl sites for hydroxylation is 1. The van der Waals surface area contributed by atoms with Crippen LogP contribution < -0.4 is 10.0 Å². The molecular formula is C15H13ClF5N3O3S. The number of hydrogen-bond donors (Lipinski definition) is 2. The van der Waals surface area contributed by atoms with E-state index in [4.69, 9.17) is 11.6 Å². The predicted octanol–water partition coefficient (Wildman–Crippen LogP) is 3.44. The van der Waals surface area contributed by atoms with Crippen molar-refractivity contribution in [2.75, 3.05) is 11.9 Å². The standard InChI is InChI=1S/C15H13ClF5N3O3S/c1-24-7-9(28(26,27)22-3-2-15(19,20)21)6-12(24)14(25)23-8-4-10(16)13(18)11(17)5-8/h4-7,22H,2-3H2,1H3,(H,23,25).